The zero-order valence-corrected chi connectivity index (χ0v) is 12.3. The summed E-state index contributed by atoms with van der Waals surface area (Å²) in [7, 11) is 1.71. The Kier molecular flexibility index (Phi) is 5.37. The van der Waals surface area contributed by atoms with Gasteiger partial charge in [-0.05, 0) is 32.6 Å². The minimum atomic E-state index is 0.280. The summed E-state index contributed by atoms with van der Waals surface area (Å²) >= 11 is 0. The second-order valence-corrected chi connectivity index (χ2v) is 6.09. The molecule has 1 saturated heterocycles. The van der Waals surface area contributed by atoms with Crippen LogP contribution in [0.5, 0.6) is 0 Å². The summed E-state index contributed by atoms with van der Waals surface area (Å²) in [5.41, 5.74) is 0.280. The predicted molar refractivity (Wildman–Crippen MR) is 74.3 cm³/mol. The third-order valence-corrected chi connectivity index (χ3v) is 4.74. The monoisotopic (exact) mass is 269 g/mol. The van der Waals surface area contributed by atoms with Gasteiger partial charge in [0, 0.05) is 38.6 Å². The maximum atomic E-state index is 11.3. The van der Waals surface area contributed by atoms with E-state index in [1.165, 1.54) is 12.8 Å². The van der Waals surface area contributed by atoms with Gasteiger partial charge in [-0.2, -0.15) is 0 Å². The second-order valence-electron chi connectivity index (χ2n) is 6.09. The molecule has 1 aliphatic carbocycles. The fourth-order valence-electron chi connectivity index (χ4n) is 3.29. The van der Waals surface area contributed by atoms with Crippen molar-refractivity contribution in [2.45, 2.75) is 57.1 Å². The van der Waals surface area contributed by atoms with E-state index in [9.17, 15) is 4.79 Å². The molecular weight excluding hydrogens is 242 g/mol. The number of Topliss-reactive ketones (excluding diaryl/α,β-unsaturated/α-hetero) is 1. The molecule has 2 aliphatic rings. The molecule has 0 aromatic carbocycles. The lowest BCUT2D eigenvalue weighted by atomic mass is 9.79. The standard InChI is InChI=1S/C15H27NO3/c1-15(16-9-5-13(17)6-10-16)7-3-14(4-8-15)19-12-11-18-2/h14H,3-12H2,1-2H3/t14-,15-. The highest BCUT2D eigenvalue weighted by atomic mass is 16.5. The summed E-state index contributed by atoms with van der Waals surface area (Å²) in [6.07, 6.45) is 6.49. The van der Waals surface area contributed by atoms with Crippen molar-refractivity contribution in [1.82, 2.24) is 4.90 Å². The van der Waals surface area contributed by atoms with E-state index < -0.39 is 0 Å². The topological polar surface area (TPSA) is 38.8 Å². The van der Waals surface area contributed by atoms with E-state index in [0.717, 1.165) is 38.8 Å². The number of hydrogen-bond acceptors (Lipinski definition) is 4. The highest BCUT2D eigenvalue weighted by Gasteiger charge is 2.37. The van der Waals surface area contributed by atoms with Gasteiger partial charge in [-0.15, -0.1) is 0 Å². The van der Waals surface area contributed by atoms with Gasteiger partial charge in [0.2, 0.25) is 0 Å². The van der Waals surface area contributed by atoms with Crippen molar-refractivity contribution in [1.29, 1.82) is 0 Å². The zero-order chi connectivity index (χ0) is 13.7. The summed E-state index contributed by atoms with van der Waals surface area (Å²) in [4.78, 5) is 13.9. The van der Waals surface area contributed by atoms with Gasteiger partial charge in [0.25, 0.3) is 0 Å². The number of nitrogens with zero attached hydrogens (tertiary/aromatic N) is 1. The number of piperidine rings is 1. The van der Waals surface area contributed by atoms with E-state index in [1.807, 2.05) is 0 Å². The van der Waals surface area contributed by atoms with E-state index in [0.29, 0.717) is 25.1 Å². The Labute approximate surface area is 116 Å². The van der Waals surface area contributed by atoms with Crippen LogP contribution in [0.25, 0.3) is 0 Å². The van der Waals surface area contributed by atoms with Gasteiger partial charge in [-0.1, -0.05) is 0 Å². The Balaban J connectivity index is 1.76. The van der Waals surface area contributed by atoms with Gasteiger partial charge in [-0.3, -0.25) is 9.69 Å². The zero-order valence-electron chi connectivity index (χ0n) is 12.3. The summed E-state index contributed by atoms with van der Waals surface area (Å²) in [6.45, 7) is 5.64. The van der Waals surface area contributed by atoms with Crippen molar-refractivity contribution < 1.29 is 14.3 Å². The molecule has 0 amide bonds. The average Bonchev–Trinajstić information content (AvgIpc) is 2.42. The second kappa shape index (κ2) is 6.82. The fourth-order valence-corrected chi connectivity index (χ4v) is 3.29. The molecule has 1 heterocycles. The molecule has 2 fully saturated rings. The summed E-state index contributed by atoms with van der Waals surface area (Å²) in [5, 5.41) is 0. The SMILES string of the molecule is COCCO[C@H]1CC[C@](C)(N2CCC(=O)CC2)CC1. The fraction of sp³-hybridized carbons (Fsp3) is 0.933. The summed E-state index contributed by atoms with van der Waals surface area (Å²) < 4.78 is 10.8. The van der Waals surface area contributed by atoms with Crippen molar-refractivity contribution in [2.24, 2.45) is 0 Å². The van der Waals surface area contributed by atoms with Crippen LogP contribution in [0.15, 0.2) is 0 Å². The third-order valence-electron chi connectivity index (χ3n) is 4.74. The quantitative estimate of drug-likeness (QED) is 0.716. The van der Waals surface area contributed by atoms with Crippen LogP contribution >= 0.6 is 0 Å². The van der Waals surface area contributed by atoms with E-state index >= 15 is 0 Å². The molecule has 1 saturated carbocycles. The molecule has 1 aliphatic heterocycles. The van der Waals surface area contributed by atoms with Gasteiger partial charge in [0.1, 0.15) is 5.78 Å². The first-order valence-corrected chi connectivity index (χ1v) is 7.51. The van der Waals surface area contributed by atoms with Crippen LogP contribution in [-0.4, -0.2) is 55.7 Å². The number of ether oxygens (including phenoxy) is 2. The van der Waals surface area contributed by atoms with E-state index in [1.54, 1.807) is 7.11 Å². The average molecular weight is 269 g/mol. The number of methoxy groups -OCH3 is 1. The van der Waals surface area contributed by atoms with Gasteiger partial charge in [0.05, 0.1) is 19.3 Å². The number of carbonyl (C=O) groups is 1. The molecule has 2 rings (SSSR count). The Morgan fingerprint density at radius 1 is 1.21 bits per heavy atom. The predicted octanol–water partition coefficient (Wildman–Crippen LogP) is 2.02. The summed E-state index contributed by atoms with van der Waals surface area (Å²) in [5.74, 6) is 0.427. The molecule has 4 heteroatoms. The van der Waals surface area contributed by atoms with E-state index in [-0.39, 0.29) is 5.54 Å². The third kappa shape index (κ3) is 4.01. The lowest BCUT2D eigenvalue weighted by Gasteiger charge is -2.47. The Morgan fingerprint density at radius 2 is 1.84 bits per heavy atom. The molecule has 0 aromatic rings. The van der Waals surface area contributed by atoms with Gasteiger partial charge >= 0.3 is 0 Å². The van der Waals surface area contributed by atoms with Gasteiger partial charge in [0.15, 0.2) is 0 Å². The minimum absolute atomic E-state index is 0.280. The number of carbonyl (C=O) groups excluding carboxylic acids is 1. The van der Waals surface area contributed by atoms with E-state index in [2.05, 4.69) is 11.8 Å². The molecule has 0 unspecified atom stereocenters. The number of rotatable bonds is 5. The number of hydrogen-bond donors (Lipinski definition) is 0. The lowest BCUT2D eigenvalue weighted by molar-refractivity contribution is -0.123. The molecular formula is C15H27NO3. The largest absolute Gasteiger partial charge is 0.382 e. The molecule has 0 spiro atoms. The van der Waals surface area contributed by atoms with Crippen molar-refractivity contribution in [3.05, 3.63) is 0 Å². The highest BCUT2D eigenvalue weighted by molar-refractivity contribution is 5.79. The molecule has 19 heavy (non-hydrogen) atoms. The van der Waals surface area contributed by atoms with Crippen molar-refractivity contribution in [3.8, 4) is 0 Å². The number of likely N-dealkylation sites (tertiary alicyclic amines) is 1. The molecule has 0 atom stereocenters. The molecule has 0 bridgehead atoms. The smallest absolute Gasteiger partial charge is 0.135 e. The van der Waals surface area contributed by atoms with Crippen molar-refractivity contribution >= 4 is 5.78 Å². The molecule has 0 aromatic heterocycles. The normalized spacial score (nSPS) is 33.6. The first-order valence-electron chi connectivity index (χ1n) is 7.51. The molecule has 0 N–H and O–H groups in total. The van der Waals surface area contributed by atoms with Crippen molar-refractivity contribution in [2.75, 3.05) is 33.4 Å². The first kappa shape index (κ1) is 14.9. The maximum Gasteiger partial charge on any atom is 0.135 e. The molecule has 4 nitrogen and oxygen atoms in total. The van der Waals surface area contributed by atoms with Crippen LogP contribution < -0.4 is 0 Å². The van der Waals surface area contributed by atoms with E-state index in [4.69, 9.17) is 9.47 Å². The number of ketones is 1. The van der Waals surface area contributed by atoms with Crippen LogP contribution in [0.3, 0.4) is 0 Å². The van der Waals surface area contributed by atoms with Crippen LogP contribution in [0.2, 0.25) is 0 Å². The van der Waals surface area contributed by atoms with Gasteiger partial charge < -0.3 is 9.47 Å². The molecule has 110 valence electrons. The Bertz CT molecular complexity index is 288. The first-order chi connectivity index (χ1) is 9.14. The van der Waals surface area contributed by atoms with Crippen molar-refractivity contribution in [3.63, 3.8) is 0 Å². The minimum Gasteiger partial charge on any atom is -0.382 e. The van der Waals surface area contributed by atoms with Crippen LogP contribution in [0.1, 0.15) is 45.4 Å². The summed E-state index contributed by atoms with van der Waals surface area (Å²) in [6, 6.07) is 0. The lowest BCUT2D eigenvalue weighted by Crippen LogP contribution is -2.52. The maximum absolute atomic E-state index is 11.3. The van der Waals surface area contributed by atoms with Crippen LogP contribution in [0.4, 0.5) is 0 Å². The Hall–Kier alpha value is -0.450. The van der Waals surface area contributed by atoms with Crippen LogP contribution in [0, 0.1) is 0 Å². The van der Waals surface area contributed by atoms with Crippen LogP contribution in [-0.2, 0) is 14.3 Å². The highest BCUT2D eigenvalue weighted by Crippen LogP contribution is 2.35. The molecule has 0 radical (unpaired) electrons. The van der Waals surface area contributed by atoms with Gasteiger partial charge in [-0.25, -0.2) is 0 Å². The Morgan fingerprint density at radius 3 is 2.42 bits per heavy atom.